The average molecular weight is 386 g/mol. The van der Waals surface area contributed by atoms with Gasteiger partial charge in [-0.05, 0) is 68.8 Å². The van der Waals surface area contributed by atoms with E-state index >= 15 is 0 Å². The number of hydrogen-bond acceptors (Lipinski definition) is 6. The van der Waals surface area contributed by atoms with Crippen molar-refractivity contribution in [2.75, 3.05) is 51.8 Å². The third-order valence-electron chi connectivity index (χ3n) is 5.82. The van der Waals surface area contributed by atoms with Crippen molar-refractivity contribution in [1.82, 2.24) is 9.88 Å². The number of ether oxygens (including phenoxy) is 2. The minimum atomic E-state index is 0.0997. The van der Waals surface area contributed by atoms with Crippen molar-refractivity contribution in [2.24, 2.45) is 0 Å². The molecule has 0 unspecified atom stereocenters. The summed E-state index contributed by atoms with van der Waals surface area (Å²) in [5, 5.41) is 13.6. The van der Waals surface area contributed by atoms with Gasteiger partial charge >= 0.3 is 0 Å². The number of aliphatic hydroxyl groups excluding tert-OH is 1. The van der Waals surface area contributed by atoms with Crippen LogP contribution in [0.25, 0.3) is 10.9 Å². The number of aliphatic hydroxyl groups is 1. The van der Waals surface area contributed by atoms with E-state index in [1.807, 2.05) is 6.07 Å². The molecule has 6 nitrogen and oxygen atoms in total. The van der Waals surface area contributed by atoms with Gasteiger partial charge in [-0.15, -0.1) is 0 Å². The van der Waals surface area contributed by atoms with Gasteiger partial charge < -0.3 is 24.8 Å². The van der Waals surface area contributed by atoms with E-state index in [1.54, 1.807) is 7.11 Å². The van der Waals surface area contributed by atoms with Crippen molar-refractivity contribution in [2.45, 2.75) is 38.5 Å². The topological polar surface area (TPSA) is 66.8 Å². The van der Waals surface area contributed by atoms with Gasteiger partial charge in [0.25, 0.3) is 0 Å². The molecule has 1 aromatic heterocycles. The molecule has 2 aromatic rings. The van der Waals surface area contributed by atoms with E-state index in [1.165, 1.54) is 37.1 Å². The number of rotatable bonds is 9. The molecular formula is C22H31N3O3. The van der Waals surface area contributed by atoms with Crippen molar-refractivity contribution in [3.05, 3.63) is 23.3 Å². The highest BCUT2D eigenvalue weighted by atomic mass is 16.5. The van der Waals surface area contributed by atoms with Crippen LogP contribution < -0.4 is 14.8 Å². The number of pyridine rings is 1. The second-order valence-corrected chi connectivity index (χ2v) is 7.69. The summed E-state index contributed by atoms with van der Waals surface area (Å²) in [5.41, 5.74) is 3.56. The largest absolute Gasteiger partial charge is 0.493 e. The summed E-state index contributed by atoms with van der Waals surface area (Å²) < 4.78 is 11.7. The number of hydrogen-bond donors (Lipinski definition) is 2. The monoisotopic (exact) mass is 385 g/mol. The molecule has 0 amide bonds. The maximum Gasteiger partial charge on any atom is 0.163 e. The van der Waals surface area contributed by atoms with Gasteiger partial charge in [0.05, 0.1) is 25.8 Å². The summed E-state index contributed by atoms with van der Waals surface area (Å²) in [6.07, 6.45) is 6.89. The molecule has 0 atom stereocenters. The van der Waals surface area contributed by atoms with Crippen LogP contribution in [0.2, 0.25) is 0 Å². The molecule has 1 aliphatic heterocycles. The molecule has 1 aromatic carbocycles. The second-order valence-electron chi connectivity index (χ2n) is 7.69. The number of fused-ring (bicyclic) bond motifs is 3. The minimum Gasteiger partial charge on any atom is -0.493 e. The van der Waals surface area contributed by atoms with Crippen LogP contribution in [0, 0.1) is 0 Å². The van der Waals surface area contributed by atoms with Gasteiger partial charge in [0.1, 0.15) is 5.82 Å². The van der Waals surface area contributed by atoms with Crippen LogP contribution in [0.5, 0.6) is 11.5 Å². The fourth-order valence-corrected chi connectivity index (χ4v) is 4.44. The Morgan fingerprint density at radius 2 is 1.93 bits per heavy atom. The van der Waals surface area contributed by atoms with Crippen molar-refractivity contribution in [3.63, 3.8) is 0 Å². The molecule has 0 spiro atoms. The third kappa shape index (κ3) is 4.03. The molecule has 2 heterocycles. The molecule has 6 heteroatoms. The van der Waals surface area contributed by atoms with Crippen LogP contribution in [0.15, 0.2) is 12.1 Å². The summed E-state index contributed by atoms with van der Waals surface area (Å²) in [4.78, 5) is 7.35. The predicted octanol–water partition coefficient (Wildman–Crippen LogP) is 3.00. The Balaban J connectivity index is 1.55. The fourth-order valence-electron chi connectivity index (χ4n) is 4.44. The molecule has 0 radical (unpaired) electrons. The number of aryl methyl sites for hydroxylation is 1. The van der Waals surface area contributed by atoms with Crippen molar-refractivity contribution in [1.29, 1.82) is 0 Å². The van der Waals surface area contributed by atoms with Gasteiger partial charge in [-0.1, -0.05) is 0 Å². The van der Waals surface area contributed by atoms with Gasteiger partial charge in [0, 0.05) is 24.5 Å². The second kappa shape index (κ2) is 8.97. The summed E-state index contributed by atoms with van der Waals surface area (Å²) in [7, 11) is 1.70. The first-order valence-corrected chi connectivity index (χ1v) is 10.5. The number of benzene rings is 1. The van der Waals surface area contributed by atoms with Crippen LogP contribution in [0.4, 0.5) is 5.82 Å². The highest BCUT2D eigenvalue weighted by Gasteiger charge is 2.21. The molecule has 4 rings (SSSR count). The molecule has 0 saturated carbocycles. The average Bonchev–Trinajstić information content (AvgIpc) is 3.41. The molecular weight excluding hydrogens is 354 g/mol. The first-order chi connectivity index (χ1) is 13.8. The lowest BCUT2D eigenvalue weighted by Gasteiger charge is -2.17. The van der Waals surface area contributed by atoms with E-state index in [-0.39, 0.29) is 6.61 Å². The Morgan fingerprint density at radius 1 is 1.11 bits per heavy atom. The Morgan fingerprint density at radius 3 is 2.71 bits per heavy atom. The minimum absolute atomic E-state index is 0.0997. The molecule has 0 bridgehead atoms. The zero-order valence-electron chi connectivity index (χ0n) is 16.8. The van der Waals surface area contributed by atoms with E-state index in [2.05, 4.69) is 16.3 Å². The van der Waals surface area contributed by atoms with Gasteiger partial charge in [0.15, 0.2) is 11.5 Å². The predicted molar refractivity (Wildman–Crippen MR) is 112 cm³/mol. The molecule has 2 N–H and O–H groups in total. The van der Waals surface area contributed by atoms with E-state index in [0.717, 1.165) is 60.4 Å². The van der Waals surface area contributed by atoms with Crippen LogP contribution in [-0.2, 0) is 12.8 Å². The molecule has 152 valence electrons. The van der Waals surface area contributed by atoms with Gasteiger partial charge in [-0.25, -0.2) is 4.98 Å². The van der Waals surface area contributed by atoms with E-state index in [0.29, 0.717) is 13.2 Å². The number of likely N-dealkylation sites (tertiary alicyclic amines) is 1. The summed E-state index contributed by atoms with van der Waals surface area (Å²) in [6.45, 7) is 4.83. The molecule has 1 fully saturated rings. The first kappa shape index (κ1) is 19.3. The lowest BCUT2D eigenvalue weighted by Crippen LogP contribution is -2.21. The standard InChI is InChI=1S/C22H31N3O3/c1-27-20-14-18-16-6-4-7-17(16)22(23-8-12-26)24-19(18)15-21(20)28-13-5-11-25-9-2-3-10-25/h14-15,26H,2-13H2,1H3,(H,23,24). The van der Waals surface area contributed by atoms with E-state index < -0.39 is 0 Å². The maximum absolute atomic E-state index is 9.17. The number of anilines is 1. The summed E-state index contributed by atoms with van der Waals surface area (Å²) in [5.74, 6) is 2.44. The number of methoxy groups -OCH3 is 1. The lowest BCUT2D eigenvalue weighted by molar-refractivity contribution is 0.254. The Labute approximate surface area is 166 Å². The Kier molecular flexibility index (Phi) is 6.17. The van der Waals surface area contributed by atoms with Crippen molar-refractivity contribution < 1.29 is 14.6 Å². The number of aromatic nitrogens is 1. The zero-order valence-corrected chi connectivity index (χ0v) is 16.8. The van der Waals surface area contributed by atoms with Gasteiger partial charge in [0.2, 0.25) is 0 Å². The lowest BCUT2D eigenvalue weighted by atomic mass is 10.0. The highest BCUT2D eigenvalue weighted by molar-refractivity contribution is 5.89. The molecule has 1 saturated heterocycles. The molecule has 28 heavy (non-hydrogen) atoms. The highest BCUT2D eigenvalue weighted by Crippen LogP contribution is 2.39. The number of nitrogens with one attached hydrogen (secondary N) is 1. The maximum atomic E-state index is 9.17. The van der Waals surface area contributed by atoms with Crippen LogP contribution in [-0.4, -0.2) is 61.5 Å². The Hall–Kier alpha value is -2.05. The quantitative estimate of drug-likeness (QED) is 0.647. The smallest absolute Gasteiger partial charge is 0.163 e. The van der Waals surface area contributed by atoms with Crippen LogP contribution >= 0.6 is 0 Å². The van der Waals surface area contributed by atoms with Gasteiger partial charge in [-0.3, -0.25) is 0 Å². The first-order valence-electron chi connectivity index (χ1n) is 10.5. The van der Waals surface area contributed by atoms with Crippen LogP contribution in [0.1, 0.15) is 36.8 Å². The van der Waals surface area contributed by atoms with Crippen LogP contribution in [0.3, 0.4) is 0 Å². The fraction of sp³-hybridized carbons (Fsp3) is 0.591. The van der Waals surface area contributed by atoms with Crippen molar-refractivity contribution in [3.8, 4) is 11.5 Å². The summed E-state index contributed by atoms with van der Waals surface area (Å²) >= 11 is 0. The summed E-state index contributed by atoms with van der Waals surface area (Å²) in [6, 6.07) is 4.09. The van der Waals surface area contributed by atoms with Crippen molar-refractivity contribution >= 4 is 16.7 Å². The molecule has 1 aliphatic carbocycles. The molecule has 2 aliphatic rings. The SMILES string of the molecule is COc1cc2c3c(c(NCCO)nc2cc1OCCCN1CCCC1)CCC3. The van der Waals surface area contributed by atoms with E-state index in [4.69, 9.17) is 14.5 Å². The normalized spacial score (nSPS) is 16.5. The zero-order chi connectivity index (χ0) is 19.3. The van der Waals surface area contributed by atoms with Gasteiger partial charge in [-0.2, -0.15) is 0 Å². The Bertz CT molecular complexity index is 819. The van der Waals surface area contributed by atoms with E-state index in [9.17, 15) is 5.11 Å². The third-order valence-corrected chi connectivity index (χ3v) is 5.82. The number of nitrogens with zero attached hydrogens (tertiary/aromatic N) is 2.